The van der Waals surface area contributed by atoms with Gasteiger partial charge in [-0.1, -0.05) is 6.92 Å². The molecule has 0 amide bonds. The molecule has 0 radical (unpaired) electrons. The van der Waals surface area contributed by atoms with Crippen molar-refractivity contribution in [2.24, 2.45) is 0 Å². The highest BCUT2D eigenvalue weighted by Crippen LogP contribution is 2.18. The van der Waals surface area contributed by atoms with E-state index >= 15 is 0 Å². The number of aromatic hydroxyl groups is 1. The highest BCUT2D eigenvalue weighted by molar-refractivity contribution is 5.96. The second-order valence-corrected chi connectivity index (χ2v) is 3.17. The molecule has 0 bridgehead atoms. The zero-order valence-corrected chi connectivity index (χ0v) is 8.00. The molecule has 1 aromatic carbocycles. The number of rotatable bonds is 3. The summed E-state index contributed by atoms with van der Waals surface area (Å²) in [5.41, 5.74) is 1.44. The van der Waals surface area contributed by atoms with E-state index in [1.54, 1.807) is 25.1 Å². The van der Waals surface area contributed by atoms with Crippen molar-refractivity contribution in [3.8, 4) is 5.75 Å². The van der Waals surface area contributed by atoms with E-state index in [2.05, 4.69) is 0 Å². The van der Waals surface area contributed by atoms with Crippen molar-refractivity contribution in [3.63, 3.8) is 0 Å². The van der Waals surface area contributed by atoms with Gasteiger partial charge in [0.25, 0.3) is 0 Å². The molecule has 1 aromatic rings. The van der Waals surface area contributed by atoms with Crippen LogP contribution >= 0.6 is 0 Å². The van der Waals surface area contributed by atoms with E-state index in [0.29, 0.717) is 12.0 Å². The summed E-state index contributed by atoms with van der Waals surface area (Å²) in [5, 5.41) is 9.24. The van der Waals surface area contributed by atoms with E-state index in [1.165, 1.54) is 0 Å². The summed E-state index contributed by atoms with van der Waals surface area (Å²) in [6.45, 7) is 3.77. The Bertz CT molecular complexity index is 316. The van der Waals surface area contributed by atoms with E-state index < -0.39 is 0 Å². The van der Waals surface area contributed by atoms with Crippen molar-refractivity contribution < 1.29 is 9.90 Å². The standard InChI is InChI=1S/C11H14O2/c1-3-4-11(13)9-5-6-10(12)8(2)7-9/h5-7,12H,3-4H2,1-2H3. The summed E-state index contributed by atoms with van der Waals surface area (Å²) in [7, 11) is 0. The molecular formula is C11H14O2. The summed E-state index contributed by atoms with van der Waals surface area (Å²) in [5.74, 6) is 0.388. The number of hydrogen-bond acceptors (Lipinski definition) is 2. The lowest BCUT2D eigenvalue weighted by molar-refractivity contribution is 0.0981. The van der Waals surface area contributed by atoms with Crippen LogP contribution in [0, 0.1) is 6.92 Å². The van der Waals surface area contributed by atoms with Crippen LogP contribution < -0.4 is 0 Å². The van der Waals surface area contributed by atoms with Crippen molar-refractivity contribution in [3.05, 3.63) is 29.3 Å². The molecule has 0 aromatic heterocycles. The molecule has 0 aliphatic heterocycles. The van der Waals surface area contributed by atoms with Crippen molar-refractivity contribution in [1.82, 2.24) is 0 Å². The van der Waals surface area contributed by atoms with Gasteiger partial charge >= 0.3 is 0 Å². The first kappa shape index (κ1) is 9.78. The Balaban J connectivity index is 2.90. The van der Waals surface area contributed by atoms with Crippen LogP contribution in [0.1, 0.15) is 35.7 Å². The quantitative estimate of drug-likeness (QED) is 0.722. The minimum Gasteiger partial charge on any atom is -0.508 e. The van der Waals surface area contributed by atoms with E-state index in [9.17, 15) is 9.90 Å². The van der Waals surface area contributed by atoms with Crippen LogP contribution in [0.3, 0.4) is 0 Å². The number of benzene rings is 1. The monoisotopic (exact) mass is 178 g/mol. The van der Waals surface area contributed by atoms with Crippen LogP contribution in [0.2, 0.25) is 0 Å². The molecule has 0 saturated carbocycles. The van der Waals surface area contributed by atoms with Crippen LogP contribution in [0.4, 0.5) is 0 Å². The summed E-state index contributed by atoms with van der Waals surface area (Å²) >= 11 is 0. The molecule has 2 nitrogen and oxygen atoms in total. The largest absolute Gasteiger partial charge is 0.508 e. The molecule has 0 aliphatic carbocycles. The van der Waals surface area contributed by atoms with Crippen LogP contribution in [0.5, 0.6) is 5.75 Å². The normalized spacial score (nSPS) is 10.0. The van der Waals surface area contributed by atoms with Gasteiger partial charge in [0.05, 0.1) is 0 Å². The first-order chi connectivity index (χ1) is 6.15. The predicted octanol–water partition coefficient (Wildman–Crippen LogP) is 2.68. The van der Waals surface area contributed by atoms with E-state index in [4.69, 9.17) is 0 Å². The third-order valence-corrected chi connectivity index (χ3v) is 2.00. The van der Waals surface area contributed by atoms with E-state index in [-0.39, 0.29) is 11.5 Å². The second-order valence-electron chi connectivity index (χ2n) is 3.17. The summed E-state index contributed by atoms with van der Waals surface area (Å²) in [6.07, 6.45) is 1.43. The SMILES string of the molecule is CCCC(=O)c1ccc(O)c(C)c1. The Hall–Kier alpha value is -1.31. The smallest absolute Gasteiger partial charge is 0.162 e. The Morgan fingerprint density at radius 1 is 1.46 bits per heavy atom. The van der Waals surface area contributed by atoms with Gasteiger partial charge in [0.1, 0.15) is 5.75 Å². The molecule has 0 heterocycles. The maximum atomic E-state index is 11.4. The Labute approximate surface area is 78.2 Å². The van der Waals surface area contributed by atoms with Gasteiger partial charge in [0.2, 0.25) is 0 Å². The number of ketones is 1. The van der Waals surface area contributed by atoms with Crippen molar-refractivity contribution in [2.45, 2.75) is 26.7 Å². The third-order valence-electron chi connectivity index (χ3n) is 2.00. The van der Waals surface area contributed by atoms with Gasteiger partial charge in [-0.2, -0.15) is 0 Å². The van der Waals surface area contributed by atoms with Gasteiger partial charge in [-0.3, -0.25) is 4.79 Å². The molecule has 1 N–H and O–H groups in total. The van der Waals surface area contributed by atoms with Crippen molar-refractivity contribution in [1.29, 1.82) is 0 Å². The third kappa shape index (κ3) is 2.31. The van der Waals surface area contributed by atoms with Crippen LogP contribution in [-0.4, -0.2) is 10.9 Å². The molecule has 0 saturated heterocycles. The van der Waals surface area contributed by atoms with Crippen LogP contribution in [-0.2, 0) is 0 Å². The van der Waals surface area contributed by atoms with Gasteiger partial charge in [0, 0.05) is 12.0 Å². The fraction of sp³-hybridized carbons (Fsp3) is 0.364. The van der Waals surface area contributed by atoms with Gasteiger partial charge in [0.15, 0.2) is 5.78 Å². The molecular weight excluding hydrogens is 164 g/mol. The number of hydrogen-bond donors (Lipinski definition) is 1. The number of phenols is 1. The Kier molecular flexibility index (Phi) is 3.07. The molecule has 0 unspecified atom stereocenters. The number of phenolic OH excluding ortho intramolecular Hbond substituents is 1. The first-order valence-corrected chi connectivity index (χ1v) is 4.48. The van der Waals surface area contributed by atoms with E-state index in [0.717, 1.165) is 12.0 Å². The summed E-state index contributed by atoms with van der Waals surface area (Å²) in [4.78, 5) is 11.4. The first-order valence-electron chi connectivity index (χ1n) is 4.48. The number of Topliss-reactive ketones (excluding diaryl/α,β-unsaturated/α-hetero) is 1. The predicted molar refractivity (Wildman–Crippen MR) is 52.1 cm³/mol. The lowest BCUT2D eigenvalue weighted by atomic mass is 10.0. The van der Waals surface area contributed by atoms with Crippen LogP contribution in [0.25, 0.3) is 0 Å². The zero-order valence-electron chi connectivity index (χ0n) is 8.00. The maximum absolute atomic E-state index is 11.4. The molecule has 2 heteroatoms. The fourth-order valence-electron chi connectivity index (χ4n) is 1.20. The second kappa shape index (κ2) is 4.08. The summed E-state index contributed by atoms with van der Waals surface area (Å²) < 4.78 is 0. The lowest BCUT2D eigenvalue weighted by Crippen LogP contribution is -1.97. The van der Waals surface area contributed by atoms with Gasteiger partial charge in [-0.05, 0) is 37.1 Å². The average Bonchev–Trinajstić information content (AvgIpc) is 2.10. The van der Waals surface area contributed by atoms with E-state index in [1.807, 2.05) is 6.92 Å². The molecule has 1 rings (SSSR count). The molecule has 0 fully saturated rings. The van der Waals surface area contributed by atoms with Crippen molar-refractivity contribution in [2.75, 3.05) is 0 Å². The number of aryl methyl sites for hydroxylation is 1. The highest BCUT2D eigenvalue weighted by Gasteiger charge is 2.05. The lowest BCUT2D eigenvalue weighted by Gasteiger charge is -2.02. The highest BCUT2D eigenvalue weighted by atomic mass is 16.3. The number of carbonyl (C=O) groups is 1. The fourth-order valence-corrected chi connectivity index (χ4v) is 1.20. The van der Waals surface area contributed by atoms with Crippen LogP contribution in [0.15, 0.2) is 18.2 Å². The summed E-state index contributed by atoms with van der Waals surface area (Å²) in [6, 6.07) is 4.96. The van der Waals surface area contributed by atoms with Gasteiger partial charge in [-0.15, -0.1) is 0 Å². The average molecular weight is 178 g/mol. The molecule has 0 atom stereocenters. The Morgan fingerprint density at radius 3 is 2.69 bits per heavy atom. The molecule has 0 aliphatic rings. The maximum Gasteiger partial charge on any atom is 0.162 e. The van der Waals surface area contributed by atoms with Gasteiger partial charge in [-0.25, -0.2) is 0 Å². The number of carbonyl (C=O) groups excluding carboxylic acids is 1. The van der Waals surface area contributed by atoms with Gasteiger partial charge < -0.3 is 5.11 Å². The minimum absolute atomic E-state index is 0.144. The topological polar surface area (TPSA) is 37.3 Å². The molecule has 0 spiro atoms. The molecule has 70 valence electrons. The Morgan fingerprint density at radius 2 is 2.15 bits per heavy atom. The molecule has 13 heavy (non-hydrogen) atoms. The van der Waals surface area contributed by atoms with Crippen molar-refractivity contribution >= 4 is 5.78 Å². The minimum atomic E-state index is 0.144. The zero-order chi connectivity index (χ0) is 9.84.